The third-order valence-electron chi connectivity index (χ3n) is 2.58. The number of benzene rings is 1. The van der Waals surface area contributed by atoms with Gasteiger partial charge in [0.25, 0.3) is 0 Å². The molecule has 0 spiro atoms. The zero-order chi connectivity index (χ0) is 14.8. The Morgan fingerprint density at radius 3 is 2.30 bits per heavy atom. The predicted molar refractivity (Wildman–Crippen MR) is 77.1 cm³/mol. The normalized spacial score (nSPS) is 14.4. The van der Waals surface area contributed by atoms with E-state index in [9.17, 15) is 9.90 Å². The van der Waals surface area contributed by atoms with E-state index in [2.05, 4.69) is 10.6 Å². The summed E-state index contributed by atoms with van der Waals surface area (Å²) in [5, 5.41) is 24.1. The van der Waals surface area contributed by atoms with Crippen molar-refractivity contribution in [3.8, 4) is 11.5 Å². The van der Waals surface area contributed by atoms with E-state index in [1.807, 2.05) is 0 Å². The lowest BCUT2D eigenvalue weighted by atomic mass is 10.2. The highest BCUT2D eigenvalue weighted by molar-refractivity contribution is 5.85. The van der Waals surface area contributed by atoms with E-state index in [1.54, 1.807) is 12.1 Å². The van der Waals surface area contributed by atoms with Crippen molar-refractivity contribution < 1.29 is 19.7 Å². The lowest BCUT2D eigenvalue weighted by molar-refractivity contribution is -0.131. The smallest absolute Gasteiger partial charge is 0.328 e. The average molecular weight is 280 g/mol. The van der Waals surface area contributed by atoms with Crippen molar-refractivity contribution in [3.05, 3.63) is 29.8 Å². The van der Waals surface area contributed by atoms with E-state index in [-0.39, 0.29) is 5.75 Å². The van der Waals surface area contributed by atoms with Gasteiger partial charge in [-0.05, 0) is 23.8 Å². The molecule has 2 rings (SSSR count). The molecule has 0 saturated carbocycles. The lowest BCUT2D eigenvalue weighted by Crippen LogP contribution is -2.39. The van der Waals surface area contributed by atoms with Crippen LogP contribution in [0.1, 0.15) is 5.56 Å². The van der Waals surface area contributed by atoms with Crippen molar-refractivity contribution in [1.29, 1.82) is 0 Å². The van der Waals surface area contributed by atoms with E-state index in [0.29, 0.717) is 11.3 Å². The van der Waals surface area contributed by atoms with Crippen LogP contribution >= 0.6 is 0 Å². The molecule has 1 aromatic carbocycles. The molecule has 1 saturated heterocycles. The van der Waals surface area contributed by atoms with Crippen LogP contribution in [0.2, 0.25) is 0 Å². The van der Waals surface area contributed by atoms with Gasteiger partial charge in [0.1, 0.15) is 0 Å². The van der Waals surface area contributed by atoms with Gasteiger partial charge >= 0.3 is 5.97 Å². The van der Waals surface area contributed by atoms with Gasteiger partial charge in [0.2, 0.25) is 0 Å². The standard InChI is InChI=1S/C10H10O4.C4H10N2/c1-14-9-6-7(2-4-8(9)11)3-5-10(12)13;1-2-6-4-3-5-1/h2-6,11H,1H3,(H,12,13);5-6H,1-4H2/b5-3-;. The van der Waals surface area contributed by atoms with Crippen LogP contribution in [0.3, 0.4) is 0 Å². The minimum absolute atomic E-state index is 0.0278. The summed E-state index contributed by atoms with van der Waals surface area (Å²) in [4.78, 5) is 10.2. The predicted octanol–water partition coefficient (Wildman–Crippen LogP) is 0.678. The van der Waals surface area contributed by atoms with Crippen LogP contribution in [-0.2, 0) is 4.79 Å². The molecule has 1 aromatic rings. The van der Waals surface area contributed by atoms with Gasteiger partial charge in [0.05, 0.1) is 7.11 Å². The van der Waals surface area contributed by atoms with Crippen LogP contribution in [0.5, 0.6) is 11.5 Å². The average Bonchev–Trinajstić information content (AvgIpc) is 2.49. The van der Waals surface area contributed by atoms with E-state index < -0.39 is 5.97 Å². The first kappa shape index (κ1) is 16.0. The largest absolute Gasteiger partial charge is 0.504 e. The zero-order valence-corrected chi connectivity index (χ0v) is 11.4. The molecule has 20 heavy (non-hydrogen) atoms. The summed E-state index contributed by atoms with van der Waals surface area (Å²) in [6, 6.07) is 4.59. The fourth-order valence-electron chi connectivity index (χ4n) is 1.57. The maximum Gasteiger partial charge on any atom is 0.328 e. The number of carboxylic acids is 1. The van der Waals surface area contributed by atoms with Crippen molar-refractivity contribution >= 4 is 12.0 Å². The number of ether oxygens (including phenoxy) is 1. The molecule has 0 bridgehead atoms. The van der Waals surface area contributed by atoms with Gasteiger partial charge in [-0.1, -0.05) is 6.07 Å². The van der Waals surface area contributed by atoms with Gasteiger partial charge in [-0.2, -0.15) is 0 Å². The van der Waals surface area contributed by atoms with E-state index in [4.69, 9.17) is 9.84 Å². The third-order valence-corrected chi connectivity index (χ3v) is 2.58. The topological polar surface area (TPSA) is 90.8 Å². The highest BCUT2D eigenvalue weighted by Gasteiger charge is 2.00. The molecule has 1 aliphatic rings. The number of nitrogens with one attached hydrogen (secondary N) is 2. The summed E-state index contributed by atoms with van der Waals surface area (Å²) in [5.41, 5.74) is 0.655. The summed E-state index contributed by atoms with van der Waals surface area (Å²) in [7, 11) is 1.43. The van der Waals surface area contributed by atoms with Crippen molar-refractivity contribution in [2.45, 2.75) is 0 Å². The van der Waals surface area contributed by atoms with Crippen LogP contribution in [0, 0.1) is 0 Å². The zero-order valence-electron chi connectivity index (χ0n) is 11.4. The summed E-state index contributed by atoms with van der Waals surface area (Å²) < 4.78 is 4.86. The molecule has 1 heterocycles. The summed E-state index contributed by atoms with van der Waals surface area (Å²) in [6.07, 6.45) is 2.44. The van der Waals surface area contributed by atoms with Gasteiger partial charge in [-0.25, -0.2) is 4.79 Å². The Hall–Kier alpha value is -2.05. The number of piperazine rings is 1. The monoisotopic (exact) mass is 280 g/mol. The Morgan fingerprint density at radius 1 is 1.25 bits per heavy atom. The molecule has 0 radical (unpaired) electrons. The van der Waals surface area contributed by atoms with E-state index in [0.717, 1.165) is 32.3 Å². The summed E-state index contributed by atoms with van der Waals surface area (Å²) >= 11 is 0. The minimum Gasteiger partial charge on any atom is -0.504 e. The molecule has 110 valence electrons. The molecule has 6 nitrogen and oxygen atoms in total. The van der Waals surface area contributed by atoms with Gasteiger partial charge < -0.3 is 25.6 Å². The van der Waals surface area contributed by atoms with Gasteiger partial charge in [-0.15, -0.1) is 0 Å². The molecule has 0 amide bonds. The second-order valence-corrected chi connectivity index (χ2v) is 4.10. The molecule has 4 N–H and O–H groups in total. The molecule has 6 heteroatoms. The maximum absolute atomic E-state index is 10.2. The number of rotatable bonds is 3. The Morgan fingerprint density at radius 2 is 1.85 bits per heavy atom. The summed E-state index contributed by atoms with van der Waals surface area (Å²) in [5.74, 6) is -0.672. The molecular formula is C14H20N2O4. The van der Waals surface area contributed by atoms with Gasteiger partial charge in [0.15, 0.2) is 11.5 Å². The fourth-order valence-corrected chi connectivity index (χ4v) is 1.57. The van der Waals surface area contributed by atoms with Crippen LogP contribution in [0.15, 0.2) is 24.3 Å². The quantitative estimate of drug-likeness (QED) is 0.609. The first-order valence-corrected chi connectivity index (χ1v) is 6.33. The Balaban J connectivity index is 0.000000276. The molecule has 0 atom stereocenters. The molecule has 0 aliphatic carbocycles. The van der Waals surface area contributed by atoms with Crippen LogP contribution in [0.4, 0.5) is 0 Å². The first-order chi connectivity index (χ1) is 9.63. The van der Waals surface area contributed by atoms with Crippen molar-refractivity contribution in [2.24, 2.45) is 0 Å². The highest BCUT2D eigenvalue weighted by atomic mass is 16.5. The number of aliphatic carboxylic acids is 1. The van der Waals surface area contributed by atoms with Crippen LogP contribution in [-0.4, -0.2) is 49.5 Å². The number of carbonyl (C=O) groups is 1. The number of aromatic hydroxyl groups is 1. The molecule has 1 fully saturated rings. The Bertz CT molecular complexity index is 445. The van der Waals surface area contributed by atoms with Gasteiger partial charge in [0, 0.05) is 32.3 Å². The molecular weight excluding hydrogens is 260 g/mol. The minimum atomic E-state index is -1.02. The van der Waals surface area contributed by atoms with E-state index in [1.165, 1.54) is 19.3 Å². The fraction of sp³-hybridized carbons (Fsp3) is 0.357. The van der Waals surface area contributed by atoms with Crippen molar-refractivity contribution in [3.63, 3.8) is 0 Å². The second kappa shape index (κ2) is 8.95. The molecule has 1 aliphatic heterocycles. The number of methoxy groups -OCH3 is 1. The van der Waals surface area contributed by atoms with Crippen LogP contribution < -0.4 is 15.4 Å². The molecule has 0 unspecified atom stereocenters. The Kier molecular flexibility index (Phi) is 7.16. The Labute approximate surface area is 118 Å². The summed E-state index contributed by atoms with van der Waals surface area (Å²) in [6.45, 7) is 4.56. The first-order valence-electron chi connectivity index (χ1n) is 6.33. The number of carboxylic acid groups (broad SMARTS) is 1. The maximum atomic E-state index is 10.2. The highest BCUT2D eigenvalue weighted by Crippen LogP contribution is 2.26. The van der Waals surface area contributed by atoms with Crippen LogP contribution in [0.25, 0.3) is 6.08 Å². The SMILES string of the molecule is C1CNCCN1.COc1cc(/C=C\C(=O)O)ccc1O. The van der Waals surface area contributed by atoms with E-state index >= 15 is 0 Å². The number of hydrogen-bond donors (Lipinski definition) is 4. The molecule has 0 aromatic heterocycles. The lowest BCUT2D eigenvalue weighted by Gasteiger charge is -2.11. The van der Waals surface area contributed by atoms with Gasteiger partial charge in [-0.3, -0.25) is 0 Å². The number of phenols is 1. The van der Waals surface area contributed by atoms with Crippen molar-refractivity contribution in [1.82, 2.24) is 10.6 Å². The third kappa shape index (κ3) is 6.21. The second-order valence-electron chi connectivity index (χ2n) is 4.10. The number of phenolic OH excluding ortho intramolecular Hbond substituents is 1. The number of hydrogen-bond acceptors (Lipinski definition) is 5. The van der Waals surface area contributed by atoms with Crippen molar-refractivity contribution in [2.75, 3.05) is 33.3 Å².